The quantitative estimate of drug-likeness (QED) is 0.851. The van der Waals surface area contributed by atoms with E-state index in [1.165, 1.54) is 15.3 Å². The molecule has 1 heterocycles. The highest BCUT2D eigenvalue weighted by molar-refractivity contribution is 7.89. The van der Waals surface area contributed by atoms with E-state index in [1.807, 2.05) is 0 Å². The van der Waals surface area contributed by atoms with Crippen LogP contribution in [0.2, 0.25) is 0 Å². The van der Waals surface area contributed by atoms with E-state index in [4.69, 9.17) is 5.11 Å². The second-order valence-corrected chi connectivity index (χ2v) is 7.38. The Morgan fingerprint density at radius 1 is 1.38 bits per heavy atom. The predicted molar refractivity (Wildman–Crippen MR) is 77.6 cm³/mol. The van der Waals surface area contributed by atoms with E-state index in [1.54, 1.807) is 19.2 Å². The minimum Gasteiger partial charge on any atom is -0.395 e. The van der Waals surface area contributed by atoms with Crippen LogP contribution < -0.4 is 4.90 Å². The fourth-order valence-electron chi connectivity index (χ4n) is 2.70. The largest absolute Gasteiger partial charge is 0.395 e. The molecule has 3 rings (SSSR count). The number of hydrogen-bond acceptors (Lipinski definition) is 4. The first-order valence-corrected chi connectivity index (χ1v) is 8.41. The van der Waals surface area contributed by atoms with Gasteiger partial charge in [-0.2, -0.15) is 4.31 Å². The number of amides is 1. The molecule has 1 saturated carbocycles. The van der Waals surface area contributed by atoms with Gasteiger partial charge in [0.25, 0.3) is 0 Å². The van der Waals surface area contributed by atoms with Crippen molar-refractivity contribution < 1.29 is 18.3 Å². The molecule has 2 aliphatic rings. The van der Waals surface area contributed by atoms with Gasteiger partial charge in [-0.25, -0.2) is 8.42 Å². The molecule has 7 heteroatoms. The SMILES string of the molecule is CN1C(=O)Cc2cc(S(=O)(=O)N(CCO)C3CC3)ccc21. The number of likely N-dealkylation sites (N-methyl/N-ethyl adjacent to an activating group) is 1. The lowest BCUT2D eigenvalue weighted by atomic mass is 10.2. The fraction of sp³-hybridized carbons (Fsp3) is 0.500. The molecular formula is C14H18N2O4S. The zero-order valence-corrected chi connectivity index (χ0v) is 12.6. The zero-order valence-electron chi connectivity index (χ0n) is 11.8. The highest BCUT2D eigenvalue weighted by atomic mass is 32.2. The van der Waals surface area contributed by atoms with Crippen LogP contribution in [0.5, 0.6) is 0 Å². The van der Waals surface area contributed by atoms with Crippen LogP contribution in [-0.4, -0.2) is 50.0 Å². The lowest BCUT2D eigenvalue weighted by Crippen LogP contribution is -2.35. The molecule has 0 atom stereocenters. The minimum absolute atomic E-state index is 0.000268. The number of hydrogen-bond donors (Lipinski definition) is 1. The molecule has 0 bridgehead atoms. The van der Waals surface area contributed by atoms with Crippen LogP contribution in [-0.2, 0) is 21.2 Å². The summed E-state index contributed by atoms with van der Waals surface area (Å²) in [6, 6.07) is 4.80. The van der Waals surface area contributed by atoms with Gasteiger partial charge in [-0.15, -0.1) is 0 Å². The molecule has 1 fully saturated rings. The number of rotatable bonds is 5. The molecule has 21 heavy (non-hydrogen) atoms. The van der Waals surface area contributed by atoms with Crippen molar-refractivity contribution in [2.45, 2.75) is 30.2 Å². The second kappa shape index (κ2) is 5.08. The van der Waals surface area contributed by atoms with Crippen LogP contribution >= 0.6 is 0 Å². The third-order valence-electron chi connectivity index (χ3n) is 4.01. The second-order valence-electron chi connectivity index (χ2n) is 5.49. The number of anilines is 1. The Morgan fingerprint density at radius 3 is 2.71 bits per heavy atom. The van der Waals surface area contributed by atoms with E-state index in [0.717, 1.165) is 24.1 Å². The van der Waals surface area contributed by atoms with Gasteiger partial charge in [0.2, 0.25) is 15.9 Å². The third-order valence-corrected chi connectivity index (χ3v) is 5.96. The summed E-state index contributed by atoms with van der Waals surface area (Å²) in [5.41, 5.74) is 1.50. The highest BCUT2D eigenvalue weighted by Gasteiger charge is 2.38. The standard InChI is InChI=1S/C14H18N2O4S/c1-15-13-5-4-12(8-10(13)9-14(15)18)21(19,20)16(6-7-17)11-2-3-11/h4-5,8,11,17H,2-3,6-7,9H2,1H3. The maximum atomic E-state index is 12.7. The summed E-state index contributed by atoms with van der Waals surface area (Å²) in [7, 11) is -1.93. The van der Waals surface area contributed by atoms with Gasteiger partial charge in [0.05, 0.1) is 17.9 Å². The first-order valence-electron chi connectivity index (χ1n) is 6.97. The van der Waals surface area contributed by atoms with Crippen LogP contribution in [0.25, 0.3) is 0 Å². The maximum absolute atomic E-state index is 12.7. The average molecular weight is 310 g/mol. The average Bonchev–Trinajstić information content (AvgIpc) is 3.23. The molecule has 1 aromatic carbocycles. The van der Waals surface area contributed by atoms with Gasteiger partial charge in [0, 0.05) is 25.3 Å². The third kappa shape index (κ3) is 2.45. The number of carbonyl (C=O) groups excluding carboxylic acids is 1. The number of benzene rings is 1. The normalized spacial score (nSPS) is 18.4. The number of carbonyl (C=O) groups is 1. The molecule has 114 valence electrons. The molecule has 0 aromatic heterocycles. The van der Waals surface area contributed by atoms with Crippen LogP contribution in [0.4, 0.5) is 5.69 Å². The van der Waals surface area contributed by atoms with Crippen molar-refractivity contribution in [2.75, 3.05) is 25.1 Å². The summed E-state index contributed by atoms with van der Waals surface area (Å²) in [4.78, 5) is 13.4. The van der Waals surface area contributed by atoms with E-state index >= 15 is 0 Å². The Bertz CT molecular complexity index is 682. The van der Waals surface area contributed by atoms with E-state index in [0.29, 0.717) is 0 Å². The first-order chi connectivity index (χ1) is 9.95. The van der Waals surface area contributed by atoms with Gasteiger partial charge < -0.3 is 10.0 Å². The summed E-state index contributed by atoms with van der Waals surface area (Å²) < 4.78 is 26.7. The van der Waals surface area contributed by atoms with Crippen LogP contribution in [0.1, 0.15) is 18.4 Å². The van der Waals surface area contributed by atoms with Crippen molar-refractivity contribution >= 4 is 21.6 Å². The van der Waals surface area contributed by atoms with E-state index in [2.05, 4.69) is 0 Å². The van der Waals surface area contributed by atoms with Crippen LogP contribution in [0, 0.1) is 0 Å². The molecule has 1 N–H and O–H groups in total. The molecule has 1 aliphatic heterocycles. The Balaban J connectivity index is 1.97. The Kier molecular flexibility index (Phi) is 3.51. The molecule has 1 aromatic rings. The Morgan fingerprint density at radius 2 is 2.10 bits per heavy atom. The van der Waals surface area contributed by atoms with Gasteiger partial charge in [-0.1, -0.05) is 0 Å². The van der Waals surface area contributed by atoms with Gasteiger partial charge in [0.15, 0.2) is 0 Å². The molecule has 0 spiro atoms. The van der Waals surface area contributed by atoms with Crippen molar-refractivity contribution in [3.8, 4) is 0 Å². The number of aliphatic hydroxyl groups is 1. The highest BCUT2D eigenvalue weighted by Crippen LogP contribution is 2.34. The van der Waals surface area contributed by atoms with Gasteiger partial charge >= 0.3 is 0 Å². The number of nitrogens with zero attached hydrogens (tertiary/aromatic N) is 2. The molecule has 0 radical (unpaired) electrons. The summed E-state index contributed by atoms with van der Waals surface area (Å²) in [5, 5.41) is 9.09. The lowest BCUT2D eigenvalue weighted by Gasteiger charge is -2.21. The van der Waals surface area contributed by atoms with Crippen LogP contribution in [0.3, 0.4) is 0 Å². The molecule has 1 amide bonds. The monoisotopic (exact) mass is 310 g/mol. The molecule has 6 nitrogen and oxygen atoms in total. The number of sulfonamides is 1. The fourth-order valence-corrected chi connectivity index (χ4v) is 4.43. The molecule has 0 unspecified atom stereocenters. The summed E-state index contributed by atoms with van der Waals surface area (Å²) >= 11 is 0. The van der Waals surface area contributed by atoms with Crippen molar-refractivity contribution in [1.29, 1.82) is 0 Å². The number of aliphatic hydroxyl groups excluding tert-OH is 1. The van der Waals surface area contributed by atoms with Crippen molar-refractivity contribution in [2.24, 2.45) is 0 Å². The Hall–Kier alpha value is -1.44. The van der Waals surface area contributed by atoms with Gasteiger partial charge in [-0.3, -0.25) is 4.79 Å². The van der Waals surface area contributed by atoms with E-state index in [9.17, 15) is 13.2 Å². The predicted octanol–water partition coefficient (Wildman–Crippen LogP) is 0.351. The smallest absolute Gasteiger partial charge is 0.243 e. The summed E-state index contributed by atoms with van der Waals surface area (Å²) in [6.07, 6.45) is 1.91. The van der Waals surface area contributed by atoms with Crippen molar-refractivity contribution in [1.82, 2.24) is 4.31 Å². The molecule has 0 saturated heterocycles. The van der Waals surface area contributed by atoms with E-state index in [-0.39, 0.29) is 36.4 Å². The van der Waals surface area contributed by atoms with Crippen molar-refractivity contribution in [3.63, 3.8) is 0 Å². The van der Waals surface area contributed by atoms with Crippen LogP contribution in [0.15, 0.2) is 23.1 Å². The minimum atomic E-state index is -3.61. The number of fused-ring (bicyclic) bond motifs is 1. The lowest BCUT2D eigenvalue weighted by molar-refractivity contribution is -0.117. The maximum Gasteiger partial charge on any atom is 0.243 e. The summed E-state index contributed by atoms with van der Waals surface area (Å²) in [6.45, 7) is -0.0786. The molecule has 1 aliphatic carbocycles. The Labute approximate surface area is 124 Å². The van der Waals surface area contributed by atoms with Gasteiger partial charge in [0.1, 0.15) is 0 Å². The topological polar surface area (TPSA) is 77.9 Å². The van der Waals surface area contributed by atoms with Crippen molar-refractivity contribution in [3.05, 3.63) is 23.8 Å². The molecular weight excluding hydrogens is 292 g/mol. The summed E-state index contributed by atoms with van der Waals surface area (Å²) in [5.74, 6) is -0.0334. The van der Waals surface area contributed by atoms with E-state index < -0.39 is 10.0 Å². The zero-order chi connectivity index (χ0) is 15.2. The first kappa shape index (κ1) is 14.5. The van der Waals surface area contributed by atoms with Gasteiger partial charge in [-0.05, 0) is 36.6 Å².